The van der Waals surface area contributed by atoms with Crippen molar-refractivity contribution < 1.29 is 9.59 Å². The quantitative estimate of drug-likeness (QED) is 0.440. The second-order valence-corrected chi connectivity index (χ2v) is 8.87. The van der Waals surface area contributed by atoms with Crippen LogP contribution >= 0.6 is 35.0 Å². The number of nitrogens with one attached hydrogen (secondary N) is 1. The number of nitrogens with zero attached hydrogens (tertiary/aromatic N) is 1. The predicted octanol–water partition coefficient (Wildman–Crippen LogP) is 5.56. The molecule has 0 saturated carbocycles. The first-order valence-corrected chi connectivity index (χ1v) is 12.0. The lowest BCUT2D eigenvalue weighted by Gasteiger charge is -2.29. The Kier molecular flexibility index (Phi) is 10.6. The molecule has 7 heteroatoms. The van der Waals surface area contributed by atoms with Gasteiger partial charge in [-0.3, -0.25) is 9.59 Å². The molecule has 0 aliphatic carbocycles. The Morgan fingerprint density at radius 2 is 1.80 bits per heavy atom. The maximum Gasteiger partial charge on any atom is 0.242 e. The minimum absolute atomic E-state index is 0.0832. The van der Waals surface area contributed by atoms with Gasteiger partial charge in [0.2, 0.25) is 11.8 Å². The zero-order chi connectivity index (χ0) is 21.9. The highest BCUT2D eigenvalue weighted by Crippen LogP contribution is 2.24. The summed E-state index contributed by atoms with van der Waals surface area (Å²) in [5.41, 5.74) is 2.00. The van der Waals surface area contributed by atoms with E-state index in [9.17, 15) is 9.59 Å². The van der Waals surface area contributed by atoms with Gasteiger partial charge >= 0.3 is 0 Å². The molecule has 2 aromatic carbocycles. The first-order valence-electron chi connectivity index (χ1n) is 10.0. The van der Waals surface area contributed by atoms with E-state index in [1.54, 1.807) is 24.0 Å². The molecule has 0 bridgehead atoms. The van der Waals surface area contributed by atoms with Crippen LogP contribution in [0.1, 0.15) is 37.8 Å². The van der Waals surface area contributed by atoms with Crippen LogP contribution in [0.4, 0.5) is 0 Å². The highest BCUT2D eigenvalue weighted by atomic mass is 35.5. The number of hydrogen-bond acceptors (Lipinski definition) is 3. The molecular weight excluding hydrogens is 439 g/mol. The van der Waals surface area contributed by atoms with E-state index in [2.05, 4.69) is 12.2 Å². The molecule has 4 nitrogen and oxygen atoms in total. The summed E-state index contributed by atoms with van der Waals surface area (Å²) in [7, 11) is 0. The smallest absolute Gasteiger partial charge is 0.242 e. The highest BCUT2D eigenvalue weighted by Gasteiger charge is 2.26. The molecule has 2 rings (SSSR count). The van der Waals surface area contributed by atoms with Crippen molar-refractivity contribution in [3.8, 4) is 0 Å². The van der Waals surface area contributed by atoms with Crippen molar-refractivity contribution in [2.75, 3.05) is 12.3 Å². The third-order valence-corrected chi connectivity index (χ3v) is 6.40. The molecule has 1 N–H and O–H groups in total. The number of amides is 2. The van der Waals surface area contributed by atoms with E-state index in [1.807, 2.05) is 36.4 Å². The van der Waals surface area contributed by atoms with E-state index >= 15 is 0 Å². The van der Waals surface area contributed by atoms with Gasteiger partial charge in [0.05, 0.1) is 15.8 Å². The normalized spacial score (nSPS) is 11.7. The molecule has 0 spiro atoms. The number of benzene rings is 2. The summed E-state index contributed by atoms with van der Waals surface area (Å²) < 4.78 is 0. The van der Waals surface area contributed by atoms with E-state index in [4.69, 9.17) is 23.2 Å². The molecule has 30 heavy (non-hydrogen) atoms. The van der Waals surface area contributed by atoms with Crippen molar-refractivity contribution in [3.63, 3.8) is 0 Å². The lowest BCUT2D eigenvalue weighted by atomic mass is 10.1. The van der Waals surface area contributed by atoms with Crippen molar-refractivity contribution >= 4 is 46.8 Å². The number of carbonyl (C=O) groups excluding carboxylic acids is 2. The van der Waals surface area contributed by atoms with Crippen molar-refractivity contribution in [1.29, 1.82) is 0 Å². The largest absolute Gasteiger partial charge is 0.354 e. The van der Waals surface area contributed by atoms with Crippen LogP contribution in [0.25, 0.3) is 0 Å². The zero-order valence-corrected chi connectivity index (χ0v) is 19.7. The zero-order valence-electron chi connectivity index (χ0n) is 17.4. The van der Waals surface area contributed by atoms with E-state index in [0.717, 1.165) is 29.7 Å². The number of halogens is 2. The first kappa shape index (κ1) is 24.6. The Bertz CT molecular complexity index is 833. The van der Waals surface area contributed by atoms with Crippen LogP contribution in [0.5, 0.6) is 0 Å². The minimum atomic E-state index is -0.582. The molecule has 0 radical (unpaired) electrons. The van der Waals surface area contributed by atoms with E-state index in [-0.39, 0.29) is 11.8 Å². The van der Waals surface area contributed by atoms with E-state index < -0.39 is 6.04 Å². The Morgan fingerprint density at radius 3 is 2.47 bits per heavy atom. The van der Waals surface area contributed by atoms with Gasteiger partial charge < -0.3 is 10.2 Å². The fourth-order valence-electron chi connectivity index (χ4n) is 2.87. The second kappa shape index (κ2) is 12.9. The molecule has 0 unspecified atom stereocenters. The molecule has 162 valence electrons. The third-order valence-electron chi connectivity index (χ3n) is 4.67. The van der Waals surface area contributed by atoms with Crippen LogP contribution in [0, 0.1) is 0 Å². The van der Waals surface area contributed by atoms with Gasteiger partial charge in [0.1, 0.15) is 6.04 Å². The van der Waals surface area contributed by atoms with Crippen LogP contribution in [-0.2, 0) is 21.9 Å². The van der Waals surface area contributed by atoms with E-state index in [0.29, 0.717) is 28.9 Å². The molecule has 0 aromatic heterocycles. The van der Waals surface area contributed by atoms with Gasteiger partial charge in [-0.1, -0.05) is 72.9 Å². The lowest BCUT2D eigenvalue weighted by molar-refractivity contribution is -0.138. The van der Waals surface area contributed by atoms with Crippen molar-refractivity contribution in [1.82, 2.24) is 10.2 Å². The monoisotopic (exact) mass is 466 g/mol. The SMILES string of the molecule is CCCCNC(=O)[C@H](C)N(Cc1ccc(Cl)c(Cl)c1)C(=O)CSCc1ccccc1. The number of rotatable bonds is 11. The van der Waals surface area contributed by atoms with Crippen LogP contribution < -0.4 is 5.32 Å². The number of unbranched alkanes of at least 4 members (excludes halogenated alkanes) is 1. The topological polar surface area (TPSA) is 49.4 Å². The summed E-state index contributed by atoms with van der Waals surface area (Å²) >= 11 is 13.7. The molecule has 0 saturated heterocycles. The standard InChI is InChI=1S/C23H28Cl2N2O2S/c1-3-4-12-26-23(29)17(2)27(14-19-10-11-20(24)21(25)13-19)22(28)16-30-15-18-8-6-5-7-9-18/h5-11,13,17H,3-4,12,14-16H2,1-2H3,(H,26,29)/t17-/m0/s1. The average molecular weight is 467 g/mol. The predicted molar refractivity (Wildman–Crippen MR) is 127 cm³/mol. The average Bonchev–Trinajstić information content (AvgIpc) is 2.74. The van der Waals surface area contributed by atoms with Crippen molar-refractivity contribution in [2.45, 2.75) is 45.0 Å². The summed E-state index contributed by atoms with van der Waals surface area (Å²) in [5.74, 6) is 0.803. The Hall–Kier alpha value is -1.69. The van der Waals surface area contributed by atoms with Gasteiger partial charge in [0.15, 0.2) is 0 Å². The number of carbonyl (C=O) groups is 2. The molecule has 0 aliphatic rings. The highest BCUT2D eigenvalue weighted by molar-refractivity contribution is 7.99. The molecule has 0 heterocycles. The summed E-state index contributed by atoms with van der Waals surface area (Å²) in [4.78, 5) is 27.3. The molecule has 0 fully saturated rings. The van der Waals surface area contributed by atoms with Crippen LogP contribution in [-0.4, -0.2) is 35.1 Å². The van der Waals surface area contributed by atoms with E-state index in [1.165, 1.54) is 11.8 Å². The molecular formula is C23H28Cl2N2O2S. The Morgan fingerprint density at radius 1 is 1.07 bits per heavy atom. The number of hydrogen-bond donors (Lipinski definition) is 1. The first-order chi connectivity index (χ1) is 14.4. The Labute approximate surface area is 193 Å². The fourth-order valence-corrected chi connectivity index (χ4v) is 4.06. The summed E-state index contributed by atoms with van der Waals surface area (Å²) in [5, 5.41) is 3.81. The van der Waals surface area contributed by atoms with Crippen LogP contribution in [0.15, 0.2) is 48.5 Å². The lowest BCUT2D eigenvalue weighted by Crippen LogP contribution is -2.48. The molecule has 2 amide bonds. The van der Waals surface area contributed by atoms with Crippen molar-refractivity contribution in [2.24, 2.45) is 0 Å². The van der Waals surface area contributed by atoms with Gasteiger partial charge in [0, 0.05) is 18.8 Å². The van der Waals surface area contributed by atoms with Gasteiger partial charge in [-0.25, -0.2) is 0 Å². The summed E-state index contributed by atoms with van der Waals surface area (Å²) in [6.45, 7) is 4.74. The minimum Gasteiger partial charge on any atom is -0.354 e. The molecule has 1 atom stereocenters. The maximum atomic E-state index is 13.0. The number of thioether (sulfide) groups is 1. The fraction of sp³-hybridized carbons (Fsp3) is 0.391. The molecule has 0 aliphatic heterocycles. The molecule has 2 aromatic rings. The van der Waals surface area contributed by atoms with Gasteiger partial charge in [-0.05, 0) is 36.6 Å². The maximum absolute atomic E-state index is 13.0. The van der Waals surface area contributed by atoms with Gasteiger partial charge in [0.25, 0.3) is 0 Å². The Balaban J connectivity index is 2.07. The summed E-state index contributed by atoms with van der Waals surface area (Å²) in [6.07, 6.45) is 1.91. The van der Waals surface area contributed by atoms with Gasteiger partial charge in [-0.2, -0.15) is 0 Å². The third kappa shape index (κ3) is 7.86. The van der Waals surface area contributed by atoms with Crippen LogP contribution in [0.2, 0.25) is 10.0 Å². The van der Waals surface area contributed by atoms with Crippen molar-refractivity contribution in [3.05, 3.63) is 69.7 Å². The second-order valence-electron chi connectivity index (χ2n) is 7.07. The summed E-state index contributed by atoms with van der Waals surface area (Å²) in [6, 6.07) is 14.7. The van der Waals surface area contributed by atoms with Gasteiger partial charge in [-0.15, -0.1) is 11.8 Å². The van der Waals surface area contributed by atoms with Crippen LogP contribution in [0.3, 0.4) is 0 Å².